The Bertz CT molecular complexity index is 425. The van der Waals surface area contributed by atoms with Gasteiger partial charge in [-0.05, 0) is 47.3 Å². The molecule has 18 heavy (non-hydrogen) atoms. The van der Waals surface area contributed by atoms with E-state index in [0.717, 1.165) is 9.35 Å². The summed E-state index contributed by atoms with van der Waals surface area (Å²) in [5, 5.41) is 11.5. The topological polar surface area (TPSA) is 66.4 Å². The average molecular weight is 334 g/mol. The average Bonchev–Trinajstić information content (AvgIpc) is 2.64. The van der Waals surface area contributed by atoms with E-state index in [1.165, 1.54) is 11.3 Å². The molecule has 1 aromatic heterocycles. The molecule has 0 aromatic carbocycles. The number of aryl methyl sites for hydroxylation is 1. The number of carbonyl (C=O) groups is 2. The Balaban J connectivity index is 2.32. The standard InChI is InChI=1S/C12H16BrNO3S/c1-7(12(16)17)4-3-5-14-11(15)9-6-8(2)10(13)18-9/h6-7H,3-5H2,1-2H3,(H,14,15)(H,16,17). The lowest BCUT2D eigenvalue weighted by Gasteiger charge is -2.06. The van der Waals surface area contributed by atoms with Crippen molar-refractivity contribution in [2.45, 2.75) is 26.7 Å². The Morgan fingerprint density at radius 3 is 2.72 bits per heavy atom. The predicted molar refractivity (Wildman–Crippen MR) is 75.1 cm³/mol. The summed E-state index contributed by atoms with van der Waals surface area (Å²) in [4.78, 5) is 23.0. The molecule has 0 aliphatic carbocycles. The first-order chi connectivity index (χ1) is 8.41. The van der Waals surface area contributed by atoms with Gasteiger partial charge in [-0.15, -0.1) is 11.3 Å². The van der Waals surface area contributed by atoms with Gasteiger partial charge in [-0.3, -0.25) is 9.59 Å². The van der Waals surface area contributed by atoms with Crippen molar-refractivity contribution < 1.29 is 14.7 Å². The van der Waals surface area contributed by atoms with Crippen LogP contribution in [0, 0.1) is 12.8 Å². The van der Waals surface area contributed by atoms with E-state index < -0.39 is 5.97 Å². The largest absolute Gasteiger partial charge is 0.481 e. The van der Waals surface area contributed by atoms with Gasteiger partial charge in [0.1, 0.15) is 0 Å². The third-order valence-corrected chi connectivity index (χ3v) is 4.74. The van der Waals surface area contributed by atoms with Crippen LogP contribution in [-0.4, -0.2) is 23.5 Å². The van der Waals surface area contributed by atoms with Gasteiger partial charge in [-0.25, -0.2) is 0 Å². The minimum absolute atomic E-state index is 0.100. The monoisotopic (exact) mass is 333 g/mol. The van der Waals surface area contributed by atoms with Gasteiger partial charge >= 0.3 is 5.97 Å². The highest BCUT2D eigenvalue weighted by molar-refractivity contribution is 9.11. The van der Waals surface area contributed by atoms with Crippen LogP contribution in [0.1, 0.15) is 35.0 Å². The van der Waals surface area contributed by atoms with Crippen molar-refractivity contribution in [2.24, 2.45) is 5.92 Å². The quantitative estimate of drug-likeness (QED) is 0.786. The molecule has 0 spiro atoms. The number of amides is 1. The summed E-state index contributed by atoms with van der Waals surface area (Å²) in [7, 11) is 0. The number of hydrogen-bond donors (Lipinski definition) is 2. The van der Waals surface area contributed by atoms with Crippen molar-refractivity contribution in [3.63, 3.8) is 0 Å². The second-order valence-corrected chi connectivity index (χ2v) is 6.57. The summed E-state index contributed by atoms with van der Waals surface area (Å²) in [6, 6.07) is 1.84. The van der Waals surface area contributed by atoms with Crippen LogP contribution in [0.5, 0.6) is 0 Å². The van der Waals surface area contributed by atoms with E-state index in [0.29, 0.717) is 24.3 Å². The van der Waals surface area contributed by atoms with Gasteiger partial charge in [0, 0.05) is 6.54 Å². The Morgan fingerprint density at radius 1 is 1.56 bits per heavy atom. The number of aliphatic carboxylic acids is 1. The number of carbonyl (C=O) groups excluding carboxylic acids is 1. The lowest BCUT2D eigenvalue weighted by molar-refractivity contribution is -0.141. The van der Waals surface area contributed by atoms with E-state index in [2.05, 4.69) is 21.2 Å². The van der Waals surface area contributed by atoms with Gasteiger partial charge in [0.2, 0.25) is 0 Å². The lowest BCUT2D eigenvalue weighted by Crippen LogP contribution is -2.24. The van der Waals surface area contributed by atoms with Gasteiger partial charge in [-0.1, -0.05) is 6.92 Å². The highest BCUT2D eigenvalue weighted by atomic mass is 79.9. The van der Waals surface area contributed by atoms with Gasteiger partial charge < -0.3 is 10.4 Å². The summed E-state index contributed by atoms with van der Waals surface area (Å²) in [5.74, 6) is -1.25. The third kappa shape index (κ3) is 4.42. The molecule has 1 heterocycles. The van der Waals surface area contributed by atoms with Crippen LogP contribution in [0.3, 0.4) is 0 Å². The molecule has 0 saturated heterocycles. The van der Waals surface area contributed by atoms with Crippen molar-refractivity contribution in [1.82, 2.24) is 5.32 Å². The zero-order valence-corrected chi connectivity index (χ0v) is 12.7. The second-order valence-electron chi connectivity index (χ2n) is 4.20. The molecule has 1 aromatic rings. The molecular formula is C12H16BrNO3S. The summed E-state index contributed by atoms with van der Waals surface area (Å²) in [6.07, 6.45) is 1.24. The molecule has 1 unspecified atom stereocenters. The molecular weight excluding hydrogens is 318 g/mol. The Kier molecular flexibility index (Phi) is 5.81. The number of carboxylic acid groups (broad SMARTS) is 1. The fourth-order valence-corrected chi connectivity index (χ4v) is 2.84. The normalized spacial score (nSPS) is 12.2. The first kappa shape index (κ1) is 15.2. The molecule has 0 bridgehead atoms. The molecule has 0 aliphatic rings. The van der Waals surface area contributed by atoms with Crippen molar-refractivity contribution in [3.8, 4) is 0 Å². The van der Waals surface area contributed by atoms with Crippen molar-refractivity contribution in [3.05, 3.63) is 20.3 Å². The van der Waals surface area contributed by atoms with Gasteiger partial charge in [-0.2, -0.15) is 0 Å². The molecule has 6 heteroatoms. The van der Waals surface area contributed by atoms with E-state index in [4.69, 9.17) is 5.11 Å². The molecule has 100 valence electrons. The highest BCUT2D eigenvalue weighted by Crippen LogP contribution is 2.27. The number of rotatable bonds is 6. The fraction of sp³-hybridized carbons (Fsp3) is 0.500. The molecule has 0 radical (unpaired) electrons. The molecule has 1 rings (SSSR count). The predicted octanol–water partition coefficient (Wildman–Crippen LogP) is 3.05. The zero-order valence-electron chi connectivity index (χ0n) is 10.3. The maximum Gasteiger partial charge on any atom is 0.306 e. The molecule has 0 saturated carbocycles. The maximum absolute atomic E-state index is 11.8. The van der Waals surface area contributed by atoms with Crippen LogP contribution >= 0.6 is 27.3 Å². The van der Waals surface area contributed by atoms with Gasteiger partial charge in [0.25, 0.3) is 5.91 Å². The van der Waals surface area contributed by atoms with Gasteiger partial charge in [0.15, 0.2) is 0 Å². The first-order valence-corrected chi connectivity index (χ1v) is 7.29. The summed E-state index contributed by atoms with van der Waals surface area (Å²) in [5.41, 5.74) is 1.05. The SMILES string of the molecule is Cc1cc(C(=O)NCCCC(C)C(=O)O)sc1Br. The molecule has 1 amide bonds. The Labute approximate surface area is 119 Å². The Hall–Kier alpha value is -0.880. The zero-order chi connectivity index (χ0) is 13.7. The molecule has 2 N–H and O–H groups in total. The van der Waals surface area contributed by atoms with Crippen LogP contribution < -0.4 is 5.32 Å². The second kappa shape index (κ2) is 6.89. The van der Waals surface area contributed by atoms with Gasteiger partial charge in [0.05, 0.1) is 14.6 Å². The number of hydrogen-bond acceptors (Lipinski definition) is 3. The smallest absolute Gasteiger partial charge is 0.306 e. The van der Waals surface area contributed by atoms with Crippen LogP contribution in [0.4, 0.5) is 0 Å². The molecule has 1 atom stereocenters. The van der Waals surface area contributed by atoms with Crippen LogP contribution in [0.15, 0.2) is 9.85 Å². The van der Waals surface area contributed by atoms with Crippen molar-refractivity contribution >= 4 is 39.1 Å². The minimum atomic E-state index is -0.792. The van der Waals surface area contributed by atoms with E-state index in [1.807, 2.05) is 13.0 Å². The summed E-state index contributed by atoms with van der Waals surface area (Å²) in [6.45, 7) is 4.11. The van der Waals surface area contributed by atoms with Crippen LogP contribution in [0.2, 0.25) is 0 Å². The molecule has 0 fully saturated rings. The van der Waals surface area contributed by atoms with E-state index in [1.54, 1.807) is 6.92 Å². The Morgan fingerprint density at radius 2 is 2.22 bits per heavy atom. The number of carboxylic acids is 1. The van der Waals surface area contributed by atoms with E-state index >= 15 is 0 Å². The van der Waals surface area contributed by atoms with E-state index in [-0.39, 0.29) is 11.8 Å². The van der Waals surface area contributed by atoms with Crippen molar-refractivity contribution in [2.75, 3.05) is 6.54 Å². The highest BCUT2D eigenvalue weighted by Gasteiger charge is 2.12. The minimum Gasteiger partial charge on any atom is -0.481 e. The van der Waals surface area contributed by atoms with E-state index in [9.17, 15) is 9.59 Å². The molecule has 0 aliphatic heterocycles. The van der Waals surface area contributed by atoms with Crippen LogP contribution in [-0.2, 0) is 4.79 Å². The fourth-order valence-electron chi connectivity index (χ4n) is 1.39. The first-order valence-electron chi connectivity index (χ1n) is 5.68. The third-order valence-electron chi connectivity index (χ3n) is 2.60. The van der Waals surface area contributed by atoms with Crippen molar-refractivity contribution in [1.29, 1.82) is 0 Å². The summed E-state index contributed by atoms with van der Waals surface area (Å²) >= 11 is 4.78. The number of thiophene rings is 1. The molecule has 4 nitrogen and oxygen atoms in total. The lowest BCUT2D eigenvalue weighted by atomic mass is 10.1. The summed E-state index contributed by atoms with van der Waals surface area (Å²) < 4.78 is 0.965. The number of halogens is 1. The number of nitrogens with one attached hydrogen (secondary N) is 1. The van der Waals surface area contributed by atoms with Crippen LogP contribution in [0.25, 0.3) is 0 Å². The maximum atomic E-state index is 11.8.